The van der Waals surface area contributed by atoms with Crippen molar-refractivity contribution in [2.45, 2.75) is 31.1 Å². The molecule has 1 spiro atoms. The zero-order chi connectivity index (χ0) is 27.2. The first-order chi connectivity index (χ1) is 20.4. The molecule has 4 aliphatic rings. The van der Waals surface area contributed by atoms with Crippen LogP contribution in [0.15, 0.2) is 133 Å². The number of hydrogen-bond acceptors (Lipinski definition) is 1. The molecule has 41 heavy (non-hydrogen) atoms. The second-order valence-corrected chi connectivity index (χ2v) is 11.5. The van der Waals surface area contributed by atoms with Crippen molar-refractivity contribution >= 4 is 17.7 Å². The summed E-state index contributed by atoms with van der Waals surface area (Å²) in [6.07, 6.45) is 20.4. The number of nitrogens with one attached hydrogen (secondary N) is 1. The van der Waals surface area contributed by atoms with Gasteiger partial charge in [-0.1, -0.05) is 127 Å². The Labute approximate surface area is 243 Å². The van der Waals surface area contributed by atoms with Crippen LogP contribution in [0.3, 0.4) is 0 Å². The van der Waals surface area contributed by atoms with E-state index in [0.29, 0.717) is 0 Å². The van der Waals surface area contributed by atoms with Gasteiger partial charge in [-0.05, 0) is 93.0 Å². The molecule has 1 N–H and O–H groups in total. The van der Waals surface area contributed by atoms with Gasteiger partial charge in [-0.25, -0.2) is 0 Å². The SMILES string of the molecule is C1=CC2=C(CC1)c1ccccc1C21c2ccccc2-c2c(/C=C\C=C/CNC3=Cc4ccccc4CC3)cccc21. The lowest BCUT2D eigenvalue weighted by molar-refractivity contribution is 0.780. The maximum Gasteiger partial charge on any atom is 0.0722 e. The van der Waals surface area contributed by atoms with Gasteiger partial charge in [0.15, 0.2) is 0 Å². The first kappa shape index (κ1) is 24.2. The van der Waals surface area contributed by atoms with Crippen molar-refractivity contribution in [3.8, 4) is 11.1 Å². The Balaban J connectivity index is 1.12. The first-order valence-electron chi connectivity index (χ1n) is 14.9. The summed E-state index contributed by atoms with van der Waals surface area (Å²) in [6.45, 7) is 0.831. The molecular weight excluding hydrogens is 494 g/mol. The van der Waals surface area contributed by atoms with E-state index in [9.17, 15) is 0 Å². The second kappa shape index (κ2) is 9.78. The standard InChI is InChI=1S/C40H33N/c1(11-26-41-31-25-24-28-13-3-4-15-30(28)27-31)2-14-29-16-12-23-38-39(29)34-19-7-10-22-37(34)40(38)35-20-8-5-17-32(35)33-18-6-9-21-36(33)40/h1-5,7-17,19-23,27,41H,6,18,24-26H2/b11-1-,14-2-. The number of benzene rings is 4. The molecule has 0 bridgehead atoms. The van der Waals surface area contributed by atoms with E-state index in [4.69, 9.17) is 0 Å². The smallest absolute Gasteiger partial charge is 0.0722 e. The van der Waals surface area contributed by atoms with Gasteiger partial charge in [0.2, 0.25) is 0 Å². The first-order valence-corrected chi connectivity index (χ1v) is 14.9. The van der Waals surface area contributed by atoms with Crippen molar-refractivity contribution in [1.82, 2.24) is 5.32 Å². The van der Waals surface area contributed by atoms with Crippen LogP contribution in [0.2, 0.25) is 0 Å². The summed E-state index contributed by atoms with van der Waals surface area (Å²) in [6, 6.07) is 33.8. The van der Waals surface area contributed by atoms with Crippen molar-refractivity contribution in [1.29, 1.82) is 0 Å². The number of fused-ring (bicyclic) bond motifs is 10. The molecule has 1 nitrogen and oxygen atoms in total. The van der Waals surface area contributed by atoms with Crippen LogP contribution < -0.4 is 5.32 Å². The van der Waals surface area contributed by atoms with E-state index >= 15 is 0 Å². The molecule has 1 unspecified atom stereocenters. The average molecular weight is 528 g/mol. The van der Waals surface area contributed by atoms with Crippen molar-refractivity contribution in [3.05, 3.63) is 172 Å². The minimum absolute atomic E-state index is 0.231. The molecule has 4 aliphatic carbocycles. The van der Waals surface area contributed by atoms with E-state index in [1.165, 1.54) is 66.9 Å². The third kappa shape index (κ3) is 3.69. The van der Waals surface area contributed by atoms with Gasteiger partial charge in [-0.15, -0.1) is 0 Å². The van der Waals surface area contributed by atoms with Crippen LogP contribution in [0.1, 0.15) is 58.2 Å². The molecule has 1 heteroatoms. The van der Waals surface area contributed by atoms with Crippen LogP contribution in [0.4, 0.5) is 0 Å². The third-order valence-electron chi connectivity index (χ3n) is 9.35. The number of aryl methyl sites for hydroxylation is 1. The fraction of sp³-hybridized carbons (Fsp3) is 0.150. The van der Waals surface area contributed by atoms with E-state index < -0.39 is 0 Å². The summed E-state index contributed by atoms with van der Waals surface area (Å²) >= 11 is 0. The van der Waals surface area contributed by atoms with Gasteiger partial charge in [0, 0.05) is 12.2 Å². The van der Waals surface area contributed by atoms with E-state index in [1.807, 2.05) is 0 Å². The fourth-order valence-electron chi connectivity index (χ4n) is 7.66. The third-order valence-corrected chi connectivity index (χ3v) is 9.35. The maximum atomic E-state index is 3.61. The summed E-state index contributed by atoms with van der Waals surface area (Å²) < 4.78 is 0. The van der Waals surface area contributed by atoms with E-state index in [1.54, 1.807) is 0 Å². The molecular formula is C40H33N. The van der Waals surface area contributed by atoms with Crippen LogP contribution in [-0.4, -0.2) is 6.54 Å². The van der Waals surface area contributed by atoms with Gasteiger partial charge in [0.25, 0.3) is 0 Å². The molecule has 1 atom stereocenters. The van der Waals surface area contributed by atoms with Crippen molar-refractivity contribution in [3.63, 3.8) is 0 Å². The molecule has 0 aliphatic heterocycles. The zero-order valence-corrected chi connectivity index (χ0v) is 23.2. The minimum atomic E-state index is -0.231. The Kier molecular flexibility index (Phi) is 5.77. The predicted octanol–water partition coefficient (Wildman–Crippen LogP) is 9.26. The number of rotatable bonds is 5. The Morgan fingerprint density at radius 1 is 0.707 bits per heavy atom. The molecule has 0 saturated carbocycles. The monoisotopic (exact) mass is 527 g/mol. The molecule has 0 heterocycles. The molecule has 0 radical (unpaired) electrons. The molecule has 8 rings (SSSR count). The highest BCUT2D eigenvalue weighted by molar-refractivity contribution is 5.98. The quantitative estimate of drug-likeness (QED) is 0.255. The van der Waals surface area contributed by atoms with E-state index in [-0.39, 0.29) is 5.41 Å². The van der Waals surface area contributed by atoms with Crippen molar-refractivity contribution in [2.24, 2.45) is 0 Å². The normalized spacial score (nSPS) is 19.8. The lowest BCUT2D eigenvalue weighted by Crippen LogP contribution is -2.27. The van der Waals surface area contributed by atoms with Gasteiger partial charge in [-0.2, -0.15) is 0 Å². The maximum absolute atomic E-state index is 3.61. The summed E-state index contributed by atoms with van der Waals surface area (Å²) in [5, 5.41) is 3.61. The molecule has 4 aromatic rings. The molecule has 4 aromatic carbocycles. The summed E-state index contributed by atoms with van der Waals surface area (Å²) in [5.74, 6) is 0. The molecule has 198 valence electrons. The van der Waals surface area contributed by atoms with Crippen LogP contribution >= 0.6 is 0 Å². The highest BCUT2D eigenvalue weighted by Crippen LogP contribution is 2.63. The average Bonchev–Trinajstić information content (AvgIpc) is 3.51. The second-order valence-electron chi connectivity index (χ2n) is 11.5. The Hall–Kier alpha value is -4.62. The zero-order valence-electron chi connectivity index (χ0n) is 23.2. The summed E-state index contributed by atoms with van der Waals surface area (Å²) in [4.78, 5) is 0. The van der Waals surface area contributed by atoms with Gasteiger partial charge < -0.3 is 5.32 Å². The van der Waals surface area contributed by atoms with Gasteiger partial charge in [0.05, 0.1) is 5.41 Å². The highest BCUT2D eigenvalue weighted by Gasteiger charge is 2.52. The lowest BCUT2D eigenvalue weighted by Gasteiger charge is -2.32. The van der Waals surface area contributed by atoms with E-state index in [2.05, 4.69) is 139 Å². The van der Waals surface area contributed by atoms with Crippen LogP contribution in [-0.2, 0) is 11.8 Å². The lowest BCUT2D eigenvalue weighted by atomic mass is 9.69. The van der Waals surface area contributed by atoms with Crippen LogP contribution in [0, 0.1) is 0 Å². The highest BCUT2D eigenvalue weighted by atomic mass is 14.9. The Bertz CT molecular complexity index is 1840. The van der Waals surface area contributed by atoms with Gasteiger partial charge >= 0.3 is 0 Å². The predicted molar refractivity (Wildman–Crippen MR) is 172 cm³/mol. The summed E-state index contributed by atoms with van der Waals surface area (Å²) in [7, 11) is 0. The minimum Gasteiger partial charge on any atom is -0.385 e. The van der Waals surface area contributed by atoms with Crippen molar-refractivity contribution in [2.75, 3.05) is 6.54 Å². The molecule has 0 saturated heterocycles. The number of allylic oxidation sites excluding steroid dienone is 7. The number of hydrogen-bond donors (Lipinski definition) is 1. The molecule has 0 fully saturated rings. The van der Waals surface area contributed by atoms with Gasteiger partial charge in [0.1, 0.15) is 0 Å². The Morgan fingerprint density at radius 3 is 2.41 bits per heavy atom. The van der Waals surface area contributed by atoms with Gasteiger partial charge in [-0.3, -0.25) is 0 Å². The van der Waals surface area contributed by atoms with Crippen LogP contribution in [0.25, 0.3) is 28.9 Å². The topological polar surface area (TPSA) is 12.0 Å². The largest absolute Gasteiger partial charge is 0.385 e. The van der Waals surface area contributed by atoms with Crippen LogP contribution in [0.5, 0.6) is 0 Å². The molecule has 0 aromatic heterocycles. The van der Waals surface area contributed by atoms with E-state index in [0.717, 1.165) is 32.2 Å². The Morgan fingerprint density at radius 2 is 1.49 bits per heavy atom. The fourth-order valence-corrected chi connectivity index (χ4v) is 7.66. The van der Waals surface area contributed by atoms with Crippen molar-refractivity contribution < 1.29 is 0 Å². The summed E-state index contributed by atoms with van der Waals surface area (Å²) in [5.41, 5.74) is 16.6. The molecule has 0 amide bonds.